The summed E-state index contributed by atoms with van der Waals surface area (Å²) in [5.74, 6) is 0.382. The summed E-state index contributed by atoms with van der Waals surface area (Å²) in [6, 6.07) is 56.3. The van der Waals surface area contributed by atoms with Crippen LogP contribution in [0.1, 0.15) is 22.6 Å². The molecular weight excluding hydrogens is 577 g/mol. The summed E-state index contributed by atoms with van der Waals surface area (Å²) in [6.45, 7) is 0. The van der Waals surface area contributed by atoms with Gasteiger partial charge in [0.25, 0.3) is 0 Å². The van der Waals surface area contributed by atoms with E-state index in [0.29, 0.717) is 5.92 Å². The largest absolute Gasteiger partial charge is 0.0832 e. The van der Waals surface area contributed by atoms with Crippen LogP contribution >= 0.6 is 0 Å². The van der Waals surface area contributed by atoms with Crippen LogP contribution in [-0.4, -0.2) is 0 Å². The minimum atomic E-state index is 0.382. The maximum Gasteiger partial charge on any atom is 0.0211 e. The normalized spacial score (nSPS) is 14.6. The molecule has 48 heavy (non-hydrogen) atoms. The van der Waals surface area contributed by atoms with Crippen LogP contribution in [0.2, 0.25) is 0 Å². The molecule has 2 aliphatic rings. The summed E-state index contributed by atoms with van der Waals surface area (Å²) in [7, 11) is 0. The summed E-state index contributed by atoms with van der Waals surface area (Å²) >= 11 is 0. The van der Waals surface area contributed by atoms with Crippen molar-refractivity contribution in [2.24, 2.45) is 0 Å². The third kappa shape index (κ3) is 4.37. The maximum atomic E-state index is 2.38. The molecule has 0 heteroatoms. The van der Waals surface area contributed by atoms with Crippen molar-refractivity contribution in [1.29, 1.82) is 0 Å². The fourth-order valence-corrected chi connectivity index (χ4v) is 8.09. The molecule has 1 unspecified atom stereocenters. The minimum Gasteiger partial charge on any atom is -0.0832 e. The Morgan fingerprint density at radius 3 is 2.00 bits per heavy atom. The number of hydrogen-bond donors (Lipinski definition) is 0. The average Bonchev–Trinajstić information content (AvgIpc) is 3.16. The third-order valence-electron chi connectivity index (χ3n) is 10.5. The Balaban J connectivity index is 1.05. The Labute approximate surface area is 281 Å². The van der Waals surface area contributed by atoms with Crippen LogP contribution < -0.4 is 0 Å². The molecule has 10 rings (SSSR count). The van der Waals surface area contributed by atoms with Crippen molar-refractivity contribution in [2.75, 3.05) is 0 Å². The topological polar surface area (TPSA) is 0 Å². The van der Waals surface area contributed by atoms with Gasteiger partial charge in [0.05, 0.1) is 0 Å². The average molecular weight is 609 g/mol. The van der Waals surface area contributed by atoms with E-state index in [1.165, 1.54) is 93.5 Å². The minimum absolute atomic E-state index is 0.382. The SMILES string of the molecule is C1=CC2C=Cc3ccc(-c4cccc(-c5ccc6cccc(-c7ccc8cc(-c9ccccc9)ccc8c7)c6c5)c4)c4ccc(c2c34)C1. The molecule has 0 bridgehead atoms. The van der Waals surface area contributed by atoms with E-state index in [1.807, 2.05) is 0 Å². The van der Waals surface area contributed by atoms with Crippen molar-refractivity contribution in [3.8, 4) is 44.5 Å². The van der Waals surface area contributed by atoms with Gasteiger partial charge in [-0.15, -0.1) is 0 Å². The summed E-state index contributed by atoms with van der Waals surface area (Å²) < 4.78 is 0. The number of rotatable bonds is 4. The van der Waals surface area contributed by atoms with E-state index in [0.717, 1.165) is 6.42 Å². The Hall–Kier alpha value is -5.98. The van der Waals surface area contributed by atoms with E-state index < -0.39 is 0 Å². The lowest BCUT2D eigenvalue weighted by atomic mass is 9.78. The third-order valence-corrected chi connectivity index (χ3v) is 10.5. The molecule has 0 saturated heterocycles. The summed E-state index contributed by atoms with van der Waals surface area (Å²) in [5, 5.41) is 7.81. The highest BCUT2D eigenvalue weighted by molar-refractivity contribution is 6.06. The molecule has 224 valence electrons. The molecular formula is C48H32. The molecule has 8 aromatic rings. The first-order valence-corrected chi connectivity index (χ1v) is 16.9. The summed E-state index contributed by atoms with van der Waals surface area (Å²) in [6.07, 6.45) is 10.4. The van der Waals surface area contributed by atoms with E-state index in [9.17, 15) is 0 Å². The van der Waals surface area contributed by atoms with Gasteiger partial charge in [0.1, 0.15) is 0 Å². The van der Waals surface area contributed by atoms with Crippen LogP contribution in [0.4, 0.5) is 0 Å². The zero-order valence-electron chi connectivity index (χ0n) is 26.5. The highest BCUT2D eigenvalue weighted by Crippen LogP contribution is 2.44. The molecule has 8 aromatic carbocycles. The van der Waals surface area contributed by atoms with Crippen molar-refractivity contribution in [1.82, 2.24) is 0 Å². The van der Waals surface area contributed by atoms with Gasteiger partial charge in [-0.3, -0.25) is 0 Å². The Morgan fingerprint density at radius 2 is 1.10 bits per heavy atom. The first-order valence-electron chi connectivity index (χ1n) is 16.9. The summed E-state index contributed by atoms with van der Waals surface area (Å²) in [5.41, 5.74) is 14.3. The monoisotopic (exact) mass is 608 g/mol. The van der Waals surface area contributed by atoms with Crippen LogP contribution in [0.15, 0.2) is 170 Å². The Morgan fingerprint density at radius 1 is 0.417 bits per heavy atom. The second-order valence-electron chi connectivity index (χ2n) is 13.2. The van der Waals surface area contributed by atoms with Crippen molar-refractivity contribution < 1.29 is 0 Å². The van der Waals surface area contributed by atoms with Crippen molar-refractivity contribution in [3.05, 3.63) is 187 Å². The van der Waals surface area contributed by atoms with E-state index in [1.54, 1.807) is 0 Å². The molecule has 0 aliphatic heterocycles. The molecule has 0 N–H and O–H groups in total. The second kappa shape index (κ2) is 10.8. The highest BCUT2D eigenvalue weighted by Gasteiger charge is 2.23. The number of fused-ring (bicyclic) bond motifs is 2. The van der Waals surface area contributed by atoms with Crippen LogP contribution in [0.25, 0.3) is 82.9 Å². The van der Waals surface area contributed by atoms with E-state index >= 15 is 0 Å². The molecule has 0 nitrogen and oxygen atoms in total. The molecule has 0 heterocycles. The lowest BCUT2D eigenvalue weighted by Crippen LogP contribution is -2.07. The van der Waals surface area contributed by atoms with Gasteiger partial charge in [0, 0.05) is 5.92 Å². The Bertz CT molecular complexity index is 2630. The molecule has 0 saturated carbocycles. The van der Waals surface area contributed by atoms with Gasteiger partial charge >= 0.3 is 0 Å². The molecule has 0 aromatic heterocycles. The first kappa shape index (κ1) is 27.2. The van der Waals surface area contributed by atoms with Gasteiger partial charge in [-0.1, -0.05) is 152 Å². The smallest absolute Gasteiger partial charge is 0.0211 e. The first-order chi connectivity index (χ1) is 23.8. The number of allylic oxidation sites excluding steroid dienone is 3. The lowest BCUT2D eigenvalue weighted by molar-refractivity contribution is 1.00. The lowest BCUT2D eigenvalue weighted by Gasteiger charge is -2.26. The van der Waals surface area contributed by atoms with Crippen LogP contribution in [0.3, 0.4) is 0 Å². The van der Waals surface area contributed by atoms with Gasteiger partial charge in [-0.05, 0) is 124 Å². The van der Waals surface area contributed by atoms with Crippen molar-refractivity contribution in [3.63, 3.8) is 0 Å². The maximum absolute atomic E-state index is 2.38. The zero-order chi connectivity index (χ0) is 31.6. The summed E-state index contributed by atoms with van der Waals surface area (Å²) in [4.78, 5) is 0. The fourth-order valence-electron chi connectivity index (χ4n) is 8.09. The van der Waals surface area contributed by atoms with E-state index in [4.69, 9.17) is 0 Å². The van der Waals surface area contributed by atoms with Gasteiger partial charge in [-0.25, -0.2) is 0 Å². The van der Waals surface area contributed by atoms with Gasteiger partial charge in [-0.2, -0.15) is 0 Å². The molecule has 0 amide bonds. The van der Waals surface area contributed by atoms with Crippen LogP contribution in [0, 0.1) is 0 Å². The zero-order valence-corrected chi connectivity index (χ0v) is 26.5. The van der Waals surface area contributed by atoms with Gasteiger partial charge in [0.2, 0.25) is 0 Å². The van der Waals surface area contributed by atoms with E-state index in [2.05, 4.69) is 176 Å². The standard InChI is InChI=1S/C48H32/c1-2-7-31(8-3-1)37-19-20-39-29-42(22-21-38(39)27-37)43-14-6-9-32-15-18-40(30-46(32)43)36-12-5-13-41(28-36)44-25-23-35-17-16-33-10-4-11-34-24-26-45(44)48(35)47(33)34/h1-10,12-30,33H,11H2. The van der Waals surface area contributed by atoms with Crippen molar-refractivity contribution >= 4 is 38.4 Å². The molecule has 0 fully saturated rings. The van der Waals surface area contributed by atoms with Gasteiger partial charge < -0.3 is 0 Å². The molecule has 1 atom stereocenters. The Kier molecular flexibility index (Phi) is 6.11. The van der Waals surface area contributed by atoms with Gasteiger partial charge in [0.15, 0.2) is 0 Å². The highest BCUT2D eigenvalue weighted by atomic mass is 14.3. The van der Waals surface area contributed by atoms with E-state index in [-0.39, 0.29) is 0 Å². The molecule has 0 spiro atoms. The number of hydrogen-bond acceptors (Lipinski definition) is 0. The fraction of sp³-hybridized carbons (Fsp3) is 0.0417. The van der Waals surface area contributed by atoms with Crippen molar-refractivity contribution in [2.45, 2.75) is 12.3 Å². The predicted molar refractivity (Wildman–Crippen MR) is 205 cm³/mol. The van der Waals surface area contributed by atoms with Crippen LogP contribution in [-0.2, 0) is 6.42 Å². The van der Waals surface area contributed by atoms with Crippen LogP contribution in [0.5, 0.6) is 0 Å². The molecule has 2 aliphatic carbocycles. The molecule has 0 radical (unpaired) electrons. The predicted octanol–water partition coefficient (Wildman–Crippen LogP) is 13.0. The quantitative estimate of drug-likeness (QED) is 0.174. The second-order valence-corrected chi connectivity index (χ2v) is 13.2. The number of benzene rings is 8.